The minimum Gasteiger partial charge on any atom is -0.491 e. The molecule has 4 heteroatoms. The summed E-state index contributed by atoms with van der Waals surface area (Å²) in [5.41, 5.74) is 1.29. The van der Waals surface area contributed by atoms with Crippen LogP contribution < -0.4 is 10.1 Å². The van der Waals surface area contributed by atoms with E-state index in [9.17, 15) is 0 Å². The van der Waals surface area contributed by atoms with Gasteiger partial charge in [-0.25, -0.2) is 0 Å². The predicted octanol–water partition coefficient (Wildman–Crippen LogP) is 3.12. The van der Waals surface area contributed by atoms with Gasteiger partial charge in [-0.3, -0.25) is 0 Å². The van der Waals surface area contributed by atoms with Crippen molar-refractivity contribution in [1.82, 2.24) is 5.32 Å². The number of benzene rings is 1. The van der Waals surface area contributed by atoms with Gasteiger partial charge >= 0.3 is 0 Å². The fourth-order valence-corrected chi connectivity index (χ4v) is 3.97. The summed E-state index contributed by atoms with van der Waals surface area (Å²) in [6.45, 7) is 4.38. The maximum Gasteiger partial charge on any atom is 0.124 e. The summed E-state index contributed by atoms with van der Waals surface area (Å²) in [7, 11) is 1.70. The van der Waals surface area contributed by atoms with E-state index >= 15 is 0 Å². The number of para-hydroxylation sites is 1. The minimum absolute atomic E-state index is 0.397. The Morgan fingerprint density at radius 2 is 2.20 bits per heavy atom. The first-order valence-corrected chi connectivity index (χ1v) is 8.54. The van der Waals surface area contributed by atoms with Crippen molar-refractivity contribution in [2.75, 3.05) is 38.4 Å². The molecule has 0 amide bonds. The Kier molecular flexibility index (Phi) is 6.70. The third-order valence-corrected chi connectivity index (χ3v) is 4.85. The number of ether oxygens (including phenoxy) is 2. The molecule has 1 heterocycles. The maximum atomic E-state index is 5.89. The highest BCUT2D eigenvalue weighted by Gasteiger charge is 2.28. The smallest absolute Gasteiger partial charge is 0.124 e. The summed E-state index contributed by atoms with van der Waals surface area (Å²) in [4.78, 5) is 0. The molecule has 1 saturated heterocycles. The van der Waals surface area contributed by atoms with Crippen molar-refractivity contribution in [2.45, 2.75) is 19.4 Å². The SMILES string of the molecule is CCNC(c1ccccc1OCCOC)C1CCSC1. The average Bonchev–Trinajstić information content (AvgIpc) is 3.00. The van der Waals surface area contributed by atoms with Crippen molar-refractivity contribution >= 4 is 11.8 Å². The van der Waals surface area contributed by atoms with Gasteiger partial charge in [0.2, 0.25) is 0 Å². The third kappa shape index (κ3) is 4.14. The Bertz CT molecular complexity index is 394. The zero-order chi connectivity index (χ0) is 14.2. The van der Waals surface area contributed by atoms with E-state index in [0.717, 1.165) is 12.3 Å². The molecule has 0 spiro atoms. The van der Waals surface area contributed by atoms with Crippen LogP contribution in [-0.2, 0) is 4.74 Å². The van der Waals surface area contributed by atoms with Gasteiger partial charge in [-0.05, 0) is 36.5 Å². The summed E-state index contributed by atoms with van der Waals surface area (Å²) in [5, 5.41) is 3.65. The molecule has 1 aromatic carbocycles. The molecular weight excluding hydrogens is 270 g/mol. The fraction of sp³-hybridized carbons (Fsp3) is 0.625. The molecule has 2 rings (SSSR count). The summed E-state index contributed by atoms with van der Waals surface area (Å²) in [6.07, 6.45) is 1.29. The average molecular weight is 295 g/mol. The third-order valence-electron chi connectivity index (χ3n) is 3.66. The zero-order valence-electron chi connectivity index (χ0n) is 12.4. The first-order chi connectivity index (χ1) is 9.86. The van der Waals surface area contributed by atoms with Crippen LogP contribution in [0, 0.1) is 5.92 Å². The molecule has 0 saturated carbocycles. The normalized spacial score (nSPS) is 20.0. The second kappa shape index (κ2) is 8.55. The van der Waals surface area contributed by atoms with Gasteiger partial charge in [-0.2, -0.15) is 11.8 Å². The highest BCUT2D eigenvalue weighted by atomic mass is 32.2. The van der Waals surface area contributed by atoms with Gasteiger partial charge in [0.1, 0.15) is 12.4 Å². The Balaban J connectivity index is 2.13. The molecule has 1 aromatic rings. The Morgan fingerprint density at radius 3 is 2.90 bits per heavy atom. The number of hydrogen-bond acceptors (Lipinski definition) is 4. The summed E-state index contributed by atoms with van der Waals surface area (Å²) >= 11 is 2.06. The highest BCUT2D eigenvalue weighted by Crippen LogP contribution is 2.37. The van der Waals surface area contributed by atoms with E-state index < -0.39 is 0 Å². The van der Waals surface area contributed by atoms with Crippen LogP contribution in [0.1, 0.15) is 24.9 Å². The Labute approximate surface area is 126 Å². The first kappa shape index (κ1) is 15.7. The van der Waals surface area contributed by atoms with E-state index in [4.69, 9.17) is 9.47 Å². The van der Waals surface area contributed by atoms with Crippen LogP contribution in [0.25, 0.3) is 0 Å². The number of hydrogen-bond donors (Lipinski definition) is 1. The lowest BCUT2D eigenvalue weighted by Gasteiger charge is -2.26. The van der Waals surface area contributed by atoms with E-state index in [1.807, 2.05) is 6.07 Å². The van der Waals surface area contributed by atoms with Crippen LogP contribution in [0.5, 0.6) is 5.75 Å². The monoisotopic (exact) mass is 295 g/mol. The fourth-order valence-electron chi connectivity index (χ4n) is 2.67. The lowest BCUT2D eigenvalue weighted by molar-refractivity contribution is 0.145. The molecule has 1 aliphatic heterocycles. The molecule has 0 radical (unpaired) electrons. The van der Waals surface area contributed by atoms with E-state index in [1.165, 1.54) is 23.5 Å². The Hall–Kier alpha value is -0.710. The quantitative estimate of drug-likeness (QED) is 0.747. The van der Waals surface area contributed by atoms with Crippen molar-refractivity contribution in [3.05, 3.63) is 29.8 Å². The second-order valence-corrected chi connectivity index (χ2v) is 6.19. The van der Waals surface area contributed by atoms with Gasteiger partial charge in [0, 0.05) is 18.7 Å². The number of nitrogens with one attached hydrogen (secondary N) is 1. The van der Waals surface area contributed by atoms with E-state index in [1.54, 1.807) is 7.11 Å². The molecule has 1 fully saturated rings. The molecule has 112 valence electrons. The second-order valence-electron chi connectivity index (χ2n) is 5.04. The van der Waals surface area contributed by atoms with E-state index in [-0.39, 0.29) is 0 Å². The van der Waals surface area contributed by atoms with Crippen LogP contribution in [0.4, 0.5) is 0 Å². The summed E-state index contributed by atoms with van der Waals surface area (Å²) in [6, 6.07) is 8.80. The molecule has 2 unspecified atom stereocenters. The molecule has 0 aromatic heterocycles. The number of methoxy groups -OCH3 is 1. The van der Waals surface area contributed by atoms with Crippen molar-refractivity contribution < 1.29 is 9.47 Å². The summed E-state index contributed by atoms with van der Waals surface area (Å²) < 4.78 is 11.0. The van der Waals surface area contributed by atoms with Crippen LogP contribution >= 0.6 is 11.8 Å². The largest absolute Gasteiger partial charge is 0.491 e. The van der Waals surface area contributed by atoms with Crippen molar-refractivity contribution in [3.8, 4) is 5.75 Å². The lowest BCUT2D eigenvalue weighted by Crippen LogP contribution is -2.28. The lowest BCUT2D eigenvalue weighted by atomic mass is 9.92. The van der Waals surface area contributed by atoms with E-state index in [2.05, 4.69) is 42.2 Å². The van der Waals surface area contributed by atoms with E-state index in [0.29, 0.717) is 25.2 Å². The van der Waals surface area contributed by atoms with Gasteiger partial charge in [-0.1, -0.05) is 25.1 Å². The standard InChI is InChI=1S/C16H25NO2S/c1-3-17-16(13-8-11-20-12-13)14-6-4-5-7-15(14)19-10-9-18-2/h4-7,13,16-17H,3,8-12H2,1-2H3. The van der Waals surface area contributed by atoms with Crippen molar-refractivity contribution in [3.63, 3.8) is 0 Å². The molecule has 20 heavy (non-hydrogen) atoms. The van der Waals surface area contributed by atoms with Crippen LogP contribution in [0.3, 0.4) is 0 Å². The topological polar surface area (TPSA) is 30.5 Å². The summed E-state index contributed by atoms with van der Waals surface area (Å²) in [5.74, 6) is 4.21. The molecule has 2 atom stereocenters. The van der Waals surface area contributed by atoms with Gasteiger partial charge in [0.05, 0.1) is 6.61 Å². The van der Waals surface area contributed by atoms with Crippen LogP contribution in [0.15, 0.2) is 24.3 Å². The van der Waals surface area contributed by atoms with Gasteiger partial charge in [-0.15, -0.1) is 0 Å². The molecule has 3 nitrogen and oxygen atoms in total. The molecule has 1 N–H and O–H groups in total. The molecule has 0 aliphatic carbocycles. The number of thioether (sulfide) groups is 1. The molecular formula is C16H25NO2S. The zero-order valence-corrected chi connectivity index (χ0v) is 13.2. The van der Waals surface area contributed by atoms with Crippen LogP contribution in [-0.4, -0.2) is 38.4 Å². The predicted molar refractivity (Wildman–Crippen MR) is 85.7 cm³/mol. The molecule has 1 aliphatic rings. The number of rotatable bonds is 8. The van der Waals surface area contributed by atoms with Gasteiger partial charge < -0.3 is 14.8 Å². The van der Waals surface area contributed by atoms with Gasteiger partial charge in [0.15, 0.2) is 0 Å². The molecule has 0 bridgehead atoms. The minimum atomic E-state index is 0.397. The highest BCUT2D eigenvalue weighted by molar-refractivity contribution is 7.99. The maximum absolute atomic E-state index is 5.89. The van der Waals surface area contributed by atoms with Crippen molar-refractivity contribution in [2.24, 2.45) is 5.92 Å². The van der Waals surface area contributed by atoms with Crippen molar-refractivity contribution in [1.29, 1.82) is 0 Å². The van der Waals surface area contributed by atoms with Gasteiger partial charge in [0.25, 0.3) is 0 Å². The van der Waals surface area contributed by atoms with Crippen LogP contribution in [0.2, 0.25) is 0 Å². The Morgan fingerprint density at radius 1 is 1.35 bits per heavy atom. The first-order valence-electron chi connectivity index (χ1n) is 7.38.